The molecule has 1 aromatic carbocycles. The van der Waals surface area contributed by atoms with Crippen molar-refractivity contribution in [2.24, 2.45) is 7.05 Å². The van der Waals surface area contributed by atoms with Crippen LogP contribution in [0.3, 0.4) is 0 Å². The number of hydrogen-bond donors (Lipinski definition) is 0. The summed E-state index contributed by atoms with van der Waals surface area (Å²) in [7, 11) is 5.91. The molecule has 0 saturated carbocycles. The average Bonchev–Trinajstić information content (AvgIpc) is 2.76. The van der Waals surface area contributed by atoms with E-state index in [1.165, 1.54) is 5.57 Å². The first-order chi connectivity index (χ1) is 9.19. The van der Waals surface area contributed by atoms with Gasteiger partial charge in [0.2, 0.25) is 0 Å². The lowest BCUT2D eigenvalue weighted by Crippen LogP contribution is -2.25. The first kappa shape index (κ1) is 12.2. The van der Waals surface area contributed by atoms with Gasteiger partial charge in [-0.15, -0.1) is 0 Å². The molecule has 1 aliphatic heterocycles. The van der Waals surface area contributed by atoms with Gasteiger partial charge in [0.15, 0.2) is 0 Å². The van der Waals surface area contributed by atoms with Gasteiger partial charge in [0, 0.05) is 31.8 Å². The van der Waals surface area contributed by atoms with Crippen molar-refractivity contribution in [3.05, 3.63) is 30.1 Å². The van der Waals surface area contributed by atoms with Gasteiger partial charge in [0.05, 0.1) is 18.1 Å². The molecule has 0 bridgehead atoms. The van der Waals surface area contributed by atoms with Gasteiger partial charge in [-0.3, -0.25) is 0 Å². The molecule has 0 radical (unpaired) electrons. The summed E-state index contributed by atoms with van der Waals surface area (Å²) in [5, 5.41) is 0. The minimum atomic E-state index is 0.872. The Kier molecular flexibility index (Phi) is 3.03. The number of ether oxygens (including phenoxy) is 1. The van der Waals surface area contributed by atoms with E-state index in [-0.39, 0.29) is 0 Å². The van der Waals surface area contributed by atoms with Gasteiger partial charge in [-0.25, -0.2) is 4.98 Å². The number of methoxy groups -OCH3 is 1. The van der Waals surface area contributed by atoms with E-state index < -0.39 is 0 Å². The highest BCUT2D eigenvalue weighted by Crippen LogP contribution is 2.26. The fourth-order valence-electron chi connectivity index (χ4n) is 2.64. The molecule has 0 saturated heterocycles. The number of rotatable bonds is 2. The highest BCUT2D eigenvalue weighted by atomic mass is 16.5. The summed E-state index contributed by atoms with van der Waals surface area (Å²) in [6.07, 6.45) is 3.40. The lowest BCUT2D eigenvalue weighted by molar-refractivity contribution is 0.371. The number of nitrogens with zero attached hydrogens (tertiary/aromatic N) is 3. The van der Waals surface area contributed by atoms with E-state index in [2.05, 4.69) is 29.6 Å². The van der Waals surface area contributed by atoms with Crippen LogP contribution in [0.4, 0.5) is 0 Å². The van der Waals surface area contributed by atoms with Crippen molar-refractivity contribution in [3.8, 4) is 5.75 Å². The Morgan fingerprint density at radius 3 is 2.84 bits per heavy atom. The number of hydrogen-bond acceptors (Lipinski definition) is 3. The molecule has 4 nitrogen and oxygen atoms in total. The zero-order chi connectivity index (χ0) is 13.4. The summed E-state index contributed by atoms with van der Waals surface area (Å²) in [5.41, 5.74) is 3.45. The maximum atomic E-state index is 5.29. The first-order valence-corrected chi connectivity index (χ1v) is 6.57. The summed E-state index contributed by atoms with van der Waals surface area (Å²) in [5.74, 6) is 1.94. The molecular weight excluding hydrogens is 238 g/mol. The molecule has 0 aliphatic carbocycles. The van der Waals surface area contributed by atoms with Gasteiger partial charge < -0.3 is 14.2 Å². The number of benzene rings is 1. The molecule has 0 amide bonds. The average molecular weight is 257 g/mol. The van der Waals surface area contributed by atoms with Crippen LogP contribution in [0.2, 0.25) is 0 Å². The van der Waals surface area contributed by atoms with Crippen molar-refractivity contribution < 1.29 is 4.74 Å². The van der Waals surface area contributed by atoms with Gasteiger partial charge in [-0.2, -0.15) is 0 Å². The van der Waals surface area contributed by atoms with Crippen LogP contribution in [0.25, 0.3) is 16.6 Å². The first-order valence-electron chi connectivity index (χ1n) is 6.57. The Hall–Kier alpha value is -1.81. The molecule has 0 spiro atoms. The van der Waals surface area contributed by atoms with Crippen LogP contribution in [0.5, 0.6) is 5.75 Å². The summed E-state index contributed by atoms with van der Waals surface area (Å²) in [6.45, 7) is 2.09. The number of aromatic nitrogens is 2. The third kappa shape index (κ3) is 2.12. The van der Waals surface area contributed by atoms with E-state index in [4.69, 9.17) is 9.72 Å². The molecule has 1 aromatic heterocycles. The lowest BCUT2D eigenvalue weighted by atomic mass is 10.1. The largest absolute Gasteiger partial charge is 0.497 e. The highest BCUT2D eigenvalue weighted by molar-refractivity contribution is 5.81. The molecule has 2 heterocycles. The topological polar surface area (TPSA) is 30.3 Å². The van der Waals surface area contributed by atoms with E-state index in [1.54, 1.807) is 7.11 Å². The van der Waals surface area contributed by atoms with Gasteiger partial charge in [-0.05, 0) is 25.6 Å². The number of likely N-dealkylation sites (N-methyl/N-ethyl adjacent to an activating group) is 1. The smallest absolute Gasteiger partial charge is 0.137 e. The van der Waals surface area contributed by atoms with E-state index in [9.17, 15) is 0 Å². The molecule has 0 fully saturated rings. The van der Waals surface area contributed by atoms with Crippen molar-refractivity contribution in [1.82, 2.24) is 14.5 Å². The van der Waals surface area contributed by atoms with Crippen molar-refractivity contribution in [1.29, 1.82) is 0 Å². The second kappa shape index (κ2) is 4.70. The Labute approximate surface area is 113 Å². The molecular formula is C15H19N3O. The van der Waals surface area contributed by atoms with Crippen molar-refractivity contribution in [3.63, 3.8) is 0 Å². The van der Waals surface area contributed by atoms with Crippen LogP contribution in [0.1, 0.15) is 12.2 Å². The van der Waals surface area contributed by atoms with Gasteiger partial charge in [-0.1, -0.05) is 6.08 Å². The predicted octanol–water partition coefficient (Wildman–Crippen LogP) is 2.30. The van der Waals surface area contributed by atoms with Crippen LogP contribution >= 0.6 is 0 Å². The Balaban J connectivity index is 2.09. The fraction of sp³-hybridized carbons (Fsp3) is 0.400. The minimum absolute atomic E-state index is 0.872. The molecule has 2 aromatic rings. The third-order valence-corrected chi connectivity index (χ3v) is 3.72. The third-order valence-electron chi connectivity index (χ3n) is 3.72. The van der Waals surface area contributed by atoms with Crippen LogP contribution in [-0.4, -0.2) is 41.7 Å². The lowest BCUT2D eigenvalue weighted by Gasteiger charge is -2.22. The predicted molar refractivity (Wildman–Crippen MR) is 77.4 cm³/mol. The monoisotopic (exact) mass is 257 g/mol. The molecule has 100 valence electrons. The molecule has 0 unspecified atom stereocenters. The Morgan fingerprint density at radius 2 is 2.11 bits per heavy atom. The van der Waals surface area contributed by atoms with Crippen LogP contribution in [0, 0.1) is 0 Å². The quantitative estimate of drug-likeness (QED) is 0.827. The van der Waals surface area contributed by atoms with E-state index >= 15 is 0 Å². The maximum Gasteiger partial charge on any atom is 0.137 e. The Bertz CT molecular complexity index is 642. The number of aryl methyl sites for hydroxylation is 1. The van der Waals surface area contributed by atoms with Crippen LogP contribution in [0.15, 0.2) is 24.3 Å². The van der Waals surface area contributed by atoms with Crippen LogP contribution < -0.4 is 4.74 Å². The standard InChI is InChI=1S/C15H19N3O/c1-17-8-4-5-11(10-17)15-16-13-7-6-12(19-3)9-14(13)18(15)2/h5-7,9H,4,8,10H2,1-3H3. The number of imidazole rings is 1. The van der Waals surface area contributed by atoms with Crippen molar-refractivity contribution in [2.45, 2.75) is 6.42 Å². The van der Waals surface area contributed by atoms with Crippen LogP contribution in [-0.2, 0) is 7.05 Å². The van der Waals surface area contributed by atoms with Gasteiger partial charge in [0.25, 0.3) is 0 Å². The second-order valence-corrected chi connectivity index (χ2v) is 5.10. The SMILES string of the molecule is COc1ccc2nc(C3=CCCN(C)C3)n(C)c2c1. The number of fused-ring (bicyclic) bond motifs is 1. The maximum absolute atomic E-state index is 5.29. The molecule has 3 rings (SSSR count). The molecule has 0 N–H and O–H groups in total. The van der Waals surface area contributed by atoms with Gasteiger partial charge >= 0.3 is 0 Å². The van der Waals surface area contributed by atoms with E-state index in [0.29, 0.717) is 0 Å². The summed E-state index contributed by atoms with van der Waals surface area (Å²) in [6, 6.07) is 6.02. The zero-order valence-corrected chi connectivity index (χ0v) is 11.7. The fourth-order valence-corrected chi connectivity index (χ4v) is 2.64. The van der Waals surface area contributed by atoms with Crippen molar-refractivity contribution >= 4 is 16.6 Å². The molecule has 0 atom stereocenters. The van der Waals surface area contributed by atoms with Gasteiger partial charge in [0.1, 0.15) is 11.6 Å². The van der Waals surface area contributed by atoms with Crippen molar-refractivity contribution in [2.75, 3.05) is 27.2 Å². The normalized spacial score (nSPS) is 16.7. The molecule has 19 heavy (non-hydrogen) atoms. The Morgan fingerprint density at radius 1 is 1.26 bits per heavy atom. The molecule has 4 heteroatoms. The molecule has 1 aliphatic rings. The second-order valence-electron chi connectivity index (χ2n) is 5.10. The van der Waals surface area contributed by atoms with E-state index in [0.717, 1.165) is 42.1 Å². The summed E-state index contributed by atoms with van der Waals surface area (Å²) in [4.78, 5) is 7.09. The highest BCUT2D eigenvalue weighted by Gasteiger charge is 2.16. The summed E-state index contributed by atoms with van der Waals surface area (Å²) < 4.78 is 7.44. The van der Waals surface area contributed by atoms with E-state index in [1.807, 2.05) is 18.2 Å². The zero-order valence-electron chi connectivity index (χ0n) is 11.7. The minimum Gasteiger partial charge on any atom is -0.497 e. The summed E-state index contributed by atoms with van der Waals surface area (Å²) >= 11 is 0.